The van der Waals surface area contributed by atoms with Crippen LogP contribution in [-0.4, -0.2) is 27.5 Å². The molecule has 0 bridgehead atoms. The fraction of sp³-hybridized carbons (Fsp3) is 0.308. The number of benzene rings is 1. The predicted molar refractivity (Wildman–Crippen MR) is 67.0 cm³/mol. The van der Waals surface area contributed by atoms with Crippen molar-refractivity contribution >= 4 is 0 Å². The Hall–Kier alpha value is -1.65. The minimum absolute atomic E-state index is 0.114. The van der Waals surface area contributed by atoms with Gasteiger partial charge in [0.2, 0.25) is 0 Å². The molecule has 1 heterocycles. The summed E-state index contributed by atoms with van der Waals surface area (Å²) in [7, 11) is 0. The van der Waals surface area contributed by atoms with Gasteiger partial charge in [-0.2, -0.15) is 5.10 Å². The standard InChI is InChI=1S/C13H17N3O/c1-11(10-17)14-9-12-4-2-5-13(8-12)16-7-3-6-15-16/h2-8,11,14,17H,9-10H2,1H3. The van der Waals surface area contributed by atoms with Gasteiger partial charge < -0.3 is 10.4 Å². The SMILES string of the molecule is CC(CO)NCc1cccc(-n2cccn2)c1. The van der Waals surface area contributed by atoms with Crippen molar-refractivity contribution in [1.82, 2.24) is 15.1 Å². The Morgan fingerprint density at radius 1 is 1.41 bits per heavy atom. The maximum absolute atomic E-state index is 8.94. The van der Waals surface area contributed by atoms with Crippen molar-refractivity contribution < 1.29 is 5.11 Å². The zero-order chi connectivity index (χ0) is 12.1. The molecule has 17 heavy (non-hydrogen) atoms. The lowest BCUT2D eigenvalue weighted by molar-refractivity contribution is 0.251. The summed E-state index contributed by atoms with van der Waals surface area (Å²) in [6, 6.07) is 10.2. The summed E-state index contributed by atoms with van der Waals surface area (Å²) >= 11 is 0. The molecule has 90 valence electrons. The average Bonchev–Trinajstić information content (AvgIpc) is 2.90. The van der Waals surface area contributed by atoms with E-state index < -0.39 is 0 Å². The molecule has 0 spiro atoms. The highest BCUT2D eigenvalue weighted by molar-refractivity contribution is 5.34. The Balaban J connectivity index is 2.07. The number of aliphatic hydroxyl groups excluding tert-OH is 1. The largest absolute Gasteiger partial charge is 0.395 e. The Kier molecular flexibility index (Phi) is 3.90. The van der Waals surface area contributed by atoms with Gasteiger partial charge in [0.15, 0.2) is 0 Å². The van der Waals surface area contributed by atoms with E-state index >= 15 is 0 Å². The van der Waals surface area contributed by atoms with Crippen molar-refractivity contribution in [2.24, 2.45) is 0 Å². The number of hydrogen-bond acceptors (Lipinski definition) is 3. The van der Waals surface area contributed by atoms with Crippen LogP contribution < -0.4 is 5.32 Å². The highest BCUT2D eigenvalue weighted by Crippen LogP contribution is 2.09. The van der Waals surface area contributed by atoms with Crippen molar-refractivity contribution in [3.05, 3.63) is 48.3 Å². The fourth-order valence-electron chi connectivity index (χ4n) is 1.59. The second kappa shape index (κ2) is 5.61. The van der Waals surface area contributed by atoms with Crippen LogP contribution in [0.5, 0.6) is 0 Å². The van der Waals surface area contributed by atoms with Crippen molar-refractivity contribution in [2.45, 2.75) is 19.5 Å². The number of aromatic nitrogens is 2. The molecule has 0 aliphatic rings. The van der Waals surface area contributed by atoms with Gasteiger partial charge in [0.25, 0.3) is 0 Å². The topological polar surface area (TPSA) is 50.1 Å². The lowest BCUT2D eigenvalue weighted by Gasteiger charge is -2.11. The number of nitrogens with one attached hydrogen (secondary N) is 1. The lowest BCUT2D eigenvalue weighted by atomic mass is 10.2. The Morgan fingerprint density at radius 3 is 3.00 bits per heavy atom. The van der Waals surface area contributed by atoms with Gasteiger partial charge in [0.1, 0.15) is 0 Å². The molecule has 0 saturated carbocycles. The molecule has 4 heteroatoms. The van der Waals surface area contributed by atoms with Crippen LogP contribution in [0, 0.1) is 0 Å². The predicted octanol–water partition coefficient (Wildman–Crippen LogP) is 1.34. The Labute approximate surface area is 101 Å². The smallest absolute Gasteiger partial charge is 0.0648 e. The number of hydrogen-bond donors (Lipinski definition) is 2. The summed E-state index contributed by atoms with van der Waals surface area (Å²) in [6.07, 6.45) is 3.68. The molecule has 2 rings (SSSR count). The summed E-state index contributed by atoms with van der Waals surface area (Å²) < 4.78 is 1.83. The summed E-state index contributed by atoms with van der Waals surface area (Å²) in [4.78, 5) is 0. The molecule has 1 unspecified atom stereocenters. The first-order chi connectivity index (χ1) is 8.29. The highest BCUT2D eigenvalue weighted by atomic mass is 16.3. The lowest BCUT2D eigenvalue weighted by Crippen LogP contribution is -2.28. The van der Waals surface area contributed by atoms with Crippen LogP contribution in [0.4, 0.5) is 0 Å². The van der Waals surface area contributed by atoms with Crippen molar-refractivity contribution in [1.29, 1.82) is 0 Å². The molecule has 4 nitrogen and oxygen atoms in total. The maximum Gasteiger partial charge on any atom is 0.0648 e. The van der Waals surface area contributed by atoms with Gasteiger partial charge >= 0.3 is 0 Å². The van der Waals surface area contributed by atoms with E-state index in [4.69, 9.17) is 5.11 Å². The Morgan fingerprint density at radius 2 is 2.29 bits per heavy atom. The average molecular weight is 231 g/mol. The van der Waals surface area contributed by atoms with E-state index in [0.717, 1.165) is 12.2 Å². The zero-order valence-corrected chi connectivity index (χ0v) is 9.87. The van der Waals surface area contributed by atoms with E-state index in [1.807, 2.05) is 36.0 Å². The quantitative estimate of drug-likeness (QED) is 0.816. The summed E-state index contributed by atoms with van der Waals surface area (Å²) in [6.45, 7) is 2.85. The normalized spacial score (nSPS) is 12.6. The van der Waals surface area contributed by atoms with Crippen LogP contribution in [0.15, 0.2) is 42.7 Å². The number of aliphatic hydroxyl groups is 1. The molecule has 2 N–H and O–H groups in total. The molecule has 2 aromatic rings. The molecule has 1 aromatic carbocycles. The first-order valence-electron chi connectivity index (χ1n) is 5.73. The third-order valence-corrected chi connectivity index (χ3v) is 2.61. The molecule has 0 amide bonds. The third-order valence-electron chi connectivity index (χ3n) is 2.61. The molecule has 0 radical (unpaired) electrons. The minimum Gasteiger partial charge on any atom is -0.395 e. The van der Waals surface area contributed by atoms with Crippen LogP contribution in [-0.2, 0) is 6.54 Å². The third kappa shape index (κ3) is 3.15. The number of rotatable bonds is 5. The van der Waals surface area contributed by atoms with E-state index in [1.165, 1.54) is 5.56 Å². The van der Waals surface area contributed by atoms with Crippen molar-refractivity contribution in [2.75, 3.05) is 6.61 Å². The van der Waals surface area contributed by atoms with Gasteiger partial charge in [-0.25, -0.2) is 4.68 Å². The van der Waals surface area contributed by atoms with Crippen LogP contribution in [0.25, 0.3) is 5.69 Å². The molecular weight excluding hydrogens is 214 g/mol. The van der Waals surface area contributed by atoms with Crippen molar-refractivity contribution in [3.63, 3.8) is 0 Å². The van der Waals surface area contributed by atoms with Gasteiger partial charge in [0, 0.05) is 25.0 Å². The highest BCUT2D eigenvalue weighted by Gasteiger charge is 2.01. The molecule has 1 atom stereocenters. The van der Waals surface area contributed by atoms with E-state index in [9.17, 15) is 0 Å². The van der Waals surface area contributed by atoms with Gasteiger partial charge in [-0.1, -0.05) is 12.1 Å². The van der Waals surface area contributed by atoms with Gasteiger partial charge in [-0.3, -0.25) is 0 Å². The van der Waals surface area contributed by atoms with E-state index in [0.29, 0.717) is 0 Å². The summed E-state index contributed by atoms with van der Waals surface area (Å²) in [5, 5.41) is 16.4. The van der Waals surface area contributed by atoms with E-state index in [1.54, 1.807) is 6.20 Å². The van der Waals surface area contributed by atoms with Crippen LogP contribution in [0.2, 0.25) is 0 Å². The van der Waals surface area contributed by atoms with Crippen molar-refractivity contribution in [3.8, 4) is 5.69 Å². The van der Waals surface area contributed by atoms with Crippen LogP contribution in [0.3, 0.4) is 0 Å². The van der Waals surface area contributed by atoms with E-state index in [-0.39, 0.29) is 12.6 Å². The van der Waals surface area contributed by atoms with E-state index in [2.05, 4.69) is 22.5 Å². The van der Waals surface area contributed by atoms with Gasteiger partial charge in [-0.05, 0) is 30.7 Å². The van der Waals surface area contributed by atoms with Crippen LogP contribution >= 0.6 is 0 Å². The molecular formula is C13H17N3O. The molecule has 0 fully saturated rings. The van der Waals surface area contributed by atoms with Gasteiger partial charge in [-0.15, -0.1) is 0 Å². The fourth-order valence-corrected chi connectivity index (χ4v) is 1.59. The van der Waals surface area contributed by atoms with Crippen LogP contribution in [0.1, 0.15) is 12.5 Å². The van der Waals surface area contributed by atoms with Gasteiger partial charge in [0.05, 0.1) is 12.3 Å². The maximum atomic E-state index is 8.94. The first kappa shape index (κ1) is 11.8. The molecule has 0 saturated heterocycles. The summed E-state index contributed by atoms with van der Waals surface area (Å²) in [5.74, 6) is 0. The summed E-state index contributed by atoms with van der Waals surface area (Å²) in [5.41, 5.74) is 2.23. The minimum atomic E-state index is 0.114. The Bertz CT molecular complexity index is 453. The molecule has 0 aliphatic carbocycles. The number of nitrogens with zero attached hydrogens (tertiary/aromatic N) is 2. The monoisotopic (exact) mass is 231 g/mol. The molecule has 1 aromatic heterocycles. The second-order valence-electron chi connectivity index (χ2n) is 4.09. The first-order valence-corrected chi connectivity index (χ1v) is 5.73. The second-order valence-corrected chi connectivity index (χ2v) is 4.09. The zero-order valence-electron chi connectivity index (χ0n) is 9.87. The molecule has 0 aliphatic heterocycles.